The highest BCUT2D eigenvalue weighted by atomic mass is 35.5. The molecule has 8 aromatic rings. The Labute approximate surface area is 361 Å². The Morgan fingerprint density at radius 1 is 0.617 bits per heavy atom. The van der Waals surface area contributed by atoms with Crippen LogP contribution in [0.4, 0.5) is 30.4 Å². The van der Waals surface area contributed by atoms with Gasteiger partial charge in [-0.3, -0.25) is 14.8 Å². The van der Waals surface area contributed by atoms with Gasteiger partial charge in [-0.05, 0) is 109 Å². The summed E-state index contributed by atoms with van der Waals surface area (Å²) >= 11 is 14.0. The molecule has 0 saturated heterocycles. The lowest BCUT2D eigenvalue weighted by Gasteiger charge is -2.23. The Kier molecular flexibility index (Phi) is 12.1. The van der Waals surface area contributed by atoms with Gasteiger partial charge < -0.3 is 20.1 Å². The van der Waals surface area contributed by atoms with Gasteiger partial charge in [0.2, 0.25) is 10.3 Å². The molecule has 0 aliphatic carbocycles. The van der Waals surface area contributed by atoms with Crippen molar-refractivity contribution < 1.29 is 23.0 Å². The number of Topliss-reactive ketones (excluding diaryl/α,β-unsaturated/α-hetero) is 1. The maximum Gasteiger partial charge on any atom is 0.206 e. The number of ether oxygens (including phenoxy) is 2. The molecule has 0 bridgehead atoms. The third kappa shape index (κ3) is 9.29. The molecule has 300 valence electrons. The average Bonchev–Trinajstić information content (AvgIpc) is 3.83. The quantitative estimate of drug-likeness (QED) is 0.110. The average molecular weight is 878 g/mol. The maximum atomic E-state index is 15.1. The van der Waals surface area contributed by atoms with Crippen molar-refractivity contribution in [3.63, 3.8) is 0 Å². The molecule has 0 spiro atoms. The van der Waals surface area contributed by atoms with Gasteiger partial charge in [0.1, 0.15) is 40.2 Å². The summed E-state index contributed by atoms with van der Waals surface area (Å²) in [5.74, 6) is 0.252. The Hall–Kier alpha value is -6.25. The molecule has 8 rings (SSSR count). The number of carbonyl (C=O) groups is 1. The van der Waals surface area contributed by atoms with Crippen LogP contribution in [0.5, 0.6) is 23.0 Å². The van der Waals surface area contributed by atoms with E-state index in [9.17, 15) is 4.79 Å². The summed E-state index contributed by atoms with van der Waals surface area (Å²) in [5.41, 5.74) is 3.70. The van der Waals surface area contributed by atoms with Crippen LogP contribution in [0.1, 0.15) is 36.8 Å². The molecule has 0 fully saturated rings. The van der Waals surface area contributed by atoms with Crippen LogP contribution in [-0.4, -0.2) is 25.7 Å². The number of aromatic nitrogens is 4. The molecule has 0 amide bonds. The van der Waals surface area contributed by atoms with Gasteiger partial charge in [0, 0.05) is 80.3 Å². The van der Waals surface area contributed by atoms with Crippen LogP contribution in [0.15, 0.2) is 134 Å². The van der Waals surface area contributed by atoms with Crippen LogP contribution in [0, 0.1) is 10.3 Å². The lowest BCUT2D eigenvalue weighted by molar-refractivity contribution is -0.121. The highest BCUT2D eigenvalue weighted by Crippen LogP contribution is 2.42. The number of rotatable bonds is 14. The lowest BCUT2D eigenvalue weighted by atomic mass is 9.84. The van der Waals surface area contributed by atoms with Gasteiger partial charge in [-0.2, -0.15) is 8.78 Å². The van der Waals surface area contributed by atoms with Gasteiger partial charge in [0.05, 0.1) is 0 Å². The Balaban J connectivity index is 1.12. The first-order chi connectivity index (χ1) is 29.1. The molecule has 0 radical (unpaired) electrons. The van der Waals surface area contributed by atoms with E-state index in [2.05, 4.69) is 30.6 Å². The van der Waals surface area contributed by atoms with Crippen molar-refractivity contribution in [2.75, 3.05) is 10.6 Å². The number of nitrogens with one attached hydrogen (secondary N) is 2. The second-order valence-electron chi connectivity index (χ2n) is 13.5. The van der Waals surface area contributed by atoms with Gasteiger partial charge in [0.25, 0.3) is 0 Å². The zero-order valence-electron chi connectivity index (χ0n) is 31.7. The second kappa shape index (κ2) is 17.9. The van der Waals surface area contributed by atoms with Crippen LogP contribution < -0.4 is 20.1 Å². The molecule has 4 aromatic carbocycles. The summed E-state index contributed by atoms with van der Waals surface area (Å²) in [6, 6.07) is 31.3. The molecule has 60 heavy (non-hydrogen) atoms. The van der Waals surface area contributed by atoms with Crippen LogP contribution in [0.3, 0.4) is 0 Å². The number of ketones is 1. The topological polar surface area (TPSA) is 111 Å². The van der Waals surface area contributed by atoms with E-state index in [0.29, 0.717) is 76.9 Å². The highest BCUT2D eigenvalue weighted by Gasteiger charge is 2.29. The van der Waals surface area contributed by atoms with E-state index in [0.717, 1.165) is 22.7 Å². The number of halogens is 4. The number of anilines is 4. The van der Waals surface area contributed by atoms with Gasteiger partial charge in [-0.1, -0.05) is 59.7 Å². The number of hydrogen-bond acceptors (Lipinski definition) is 11. The van der Waals surface area contributed by atoms with E-state index >= 15 is 8.78 Å². The summed E-state index contributed by atoms with van der Waals surface area (Å²) in [5, 5.41) is 7.20. The molecule has 0 aliphatic heterocycles. The standard InChI is InChI=1S/C45H32Cl2F2N6O3S2/c1-25(35-21-31(11-17-37(35)57-33-13-7-29(46)8-14-33)52-44-54-39(42(48)59-44)27-5-3-19-50-23-27)41(56)26(2)36-22-32(12-18-38(36)58-34-15-9-30(47)10-16-34)53-45-55-40(43(49)60-45)28-6-4-20-51-24-28/h3-26H,1-2H3,(H,52,54)(H,53,55). The summed E-state index contributed by atoms with van der Waals surface area (Å²) < 4.78 is 42.9. The zero-order valence-corrected chi connectivity index (χ0v) is 34.8. The molecule has 0 saturated carbocycles. The third-order valence-electron chi connectivity index (χ3n) is 9.43. The molecule has 2 N–H and O–H groups in total. The molecule has 0 aliphatic rings. The minimum Gasteiger partial charge on any atom is -0.457 e. The molecule has 15 heteroatoms. The number of benzene rings is 4. The Morgan fingerprint density at radius 3 is 1.42 bits per heavy atom. The highest BCUT2D eigenvalue weighted by molar-refractivity contribution is 7.14. The summed E-state index contributed by atoms with van der Waals surface area (Å²) in [4.78, 5) is 31.9. The first-order valence-electron chi connectivity index (χ1n) is 18.4. The van der Waals surface area contributed by atoms with Crippen molar-refractivity contribution in [3.05, 3.63) is 165 Å². The van der Waals surface area contributed by atoms with E-state index in [-0.39, 0.29) is 17.2 Å². The van der Waals surface area contributed by atoms with Gasteiger partial charge in [-0.25, -0.2) is 9.97 Å². The number of pyridine rings is 2. The van der Waals surface area contributed by atoms with E-state index in [4.69, 9.17) is 32.7 Å². The fourth-order valence-electron chi connectivity index (χ4n) is 6.37. The van der Waals surface area contributed by atoms with E-state index in [1.807, 2.05) is 0 Å². The molecular formula is C45H32Cl2F2N6O3S2. The van der Waals surface area contributed by atoms with Crippen LogP contribution in [-0.2, 0) is 4.79 Å². The summed E-state index contributed by atoms with van der Waals surface area (Å²) in [6.07, 6.45) is 6.31. The number of nitrogens with zero attached hydrogens (tertiary/aromatic N) is 4. The predicted molar refractivity (Wildman–Crippen MR) is 235 cm³/mol. The van der Waals surface area contributed by atoms with Gasteiger partial charge in [0.15, 0.2) is 10.3 Å². The largest absolute Gasteiger partial charge is 0.457 e. The van der Waals surface area contributed by atoms with Crippen molar-refractivity contribution in [3.8, 4) is 45.5 Å². The van der Waals surface area contributed by atoms with Crippen LogP contribution >= 0.6 is 45.9 Å². The predicted octanol–water partition coefficient (Wildman–Crippen LogP) is 13.9. The Bertz CT molecular complexity index is 2590. The van der Waals surface area contributed by atoms with Gasteiger partial charge >= 0.3 is 0 Å². The second-order valence-corrected chi connectivity index (χ2v) is 16.3. The maximum absolute atomic E-state index is 15.1. The number of thiazole rings is 2. The molecule has 9 nitrogen and oxygen atoms in total. The first-order valence-corrected chi connectivity index (χ1v) is 20.8. The zero-order chi connectivity index (χ0) is 41.8. The minimum absolute atomic E-state index is 0.162. The van der Waals surface area contributed by atoms with Crippen molar-refractivity contribution in [2.24, 2.45) is 0 Å². The number of hydrogen-bond donors (Lipinski definition) is 2. The fourth-order valence-corrected chi connectivity index (χ4v) is 8.10. The lowest BCUT2D eigenvalue weighted by Crippen LogP contribution is -2.18. The van der Waals surface area contributed by atoms with E-state index in [1.165, 1.54) is 0 Å². The minimum atomic E-state index is -0.738. The van der Waals surface area contributed by atoms with Crippen LogP contribution in [0.25, 0.3) is 22.5 Å². The number of carbonyl (C=O) groups excluding carboxylic acids is 1. The van der Waals surface area contributed by atoms with E-state index < -0.39 is 22.1 Å². The molecule has 4 heterocycles. The summed E-state index contributed by atoms with van der Waals surface area (Å²) in [7, 11) is 0. The SMILES string of the molecule is CC(C(=O)C(C)c1cc(Nc2nc(-c3cccnc3)c(F)s2)ccc1Oc1ccc(Cl)cc1)c1cc(Nc2nc(-c3cccnc3)c(F)s2)ccc1Oc1ccc(Cl)cc1. The molecule has 2 unspecified atom stereocenters. The molecule has 4 aromatic heterocycles. The van der Waals surface area contributed by atoms with Crippen molar-refractivity contribution >= 4 is 73.3 Å². The van der Waals surface area contributed by atoms with Crippen molar-refractivity contribution in [1.29, 1.82) is 0 Å². The van der Waals surface area contributed by atoms with E-state index in [1.54, 1.807) is 148 Å². The first kappa shape index (κ1) is 40.5. The normalized spacial score (nSPS) is 12.1. The van der Waals surface area contributed by atoms with Crippen molar-refractivity contribution in [1.82, 2.24) is 19.9 Å². The fraction of sp³-hybridized carbons (Fsp3) is 0.0889. The van der Waals surface area contributed by atoms with Crippen LogP contribution in [0.2, 0.25) is 10.0 Å². The smallest absolute Gasteiger partial charge is 0.206 e. The molecule has 2 atom stereocenters. The molecular weight excluding hydrogens is 846 g/mol. The van der Waals surface area contributed by atoms with Gasteiger partial charge in [-0.15, -0.1) is 0 Å². The monoisotopic (exact) mass is 876 g/mol. The Morgan fingerprint density at radius 2 is 1.03 bits per heavy atom. The van der Waals surface area contributed by atoms with Crippen molar-refractivity contribution in [2.45, 2.75) is 25.7 Å². The third-order valence-corrected chi connectivity index (χ3v) is 11.5. The summed E-state index contributed by atoms with van der Waals surface area (Å²) in [6.45, 7) is 3.60.